The van der Waals surface area contributed by atoms with Crippen LogP contribution < -0.4 is 0 Å². The average Bonchev–Trinajstić information content (AvgIpc) is 1.57. The molecular weight excluding hydrogens is 138 g/mol. The molecule has 1 saturated heterocycles. The maximum atomic E-state index is 10.7. The van der Waals surface area contributed by atoms with Crippen LogP contribution in [-0.4, -0.2) is 31.6 Å². The highest BCUT2D eigenvalue weighted by atomic mass is 32.2. The van der Waals surface area contributed by atoms with Gasteiger partial charge in [-0.3, -0.25) is 0 Å². The summed E-state index contributed by atoms with van der Waals surface area (Å²) in [6.45, 7) is 2.63. The lowest BCUT2D eigenvalue weighted by Crippen LogP contribution is -2.48. The molecule has 3 nitrogen and oxygen atoms in total. The van der Waals surface area contributed by atoms with Gasteiger partial charge in [0.1, 0.15) is 0 Å². The van der Waals surface area contributed by atoms with Crippen LogP contribution in [0, 0.1) is 0 Å². The average molecular weight is 149 g/mol. The minimum Gasteiger partial charge on any atom is -0.212 e. The van der Waals surface area contributed by atoms with Crippen LogP contribution in [0.15, 0.2) is 0 Å². The smallest absolute Gasteiger partial charge is 0.211 e. The lowest BCUT2D eigenvalue weighted by atomic mass is 10.1. The molecule has 0 aromatic rings. The quantitative estimate of drug-likeness (QED) is 0.528. The fourth-order valence-corrected chi connectivity index (χ4v) is 2.18. The summed E-state index contributed by atoms with van der Waals surface area (Å²) in [6.07, 6.45) is 2.26. The molecule has 1 heterocycles. The van der Waals surface area contributed by atoms with Crippen molar-refractivity contribution in [3.8, 4) is 0 Å². The van der Waals surface area contributed by atoms with Crippen molar-refractivity contribution in [1.82, 2.24) is 4.31 Å². The second-order valence-electron chi connectivity index (χ2n) is 2.51. The zero-order valence-electron chi connectivity index (χ0n) is 5.66. The van der Waals surface area contributed by atoms with Crippen LogP contribution in [0.2, 0.25) is 0 Å². The van der Waals surface area contributed by atoms with Gasteiger partial charge in [0.05, 0.1) is 6.26 Å². The van der Waals surface area contributed by atoms with Gasteiger partial charge in [-0.2, -0.15) is 4.31 Å². The molecule has 0 aliphatic carbocycles. The SMILES string of the molecule is C[C@H]1CCN1S(C)(=O)=O. The van der Waals surface area contributed by atoms with E-state index in [1.165, 1.54) is 10.6 Å². The molecule has 1 aliphatic rings. The molecule has 0 radical (unpaired) electrons. The highest BCUT2D eigenvalue weighted by Gasteiger charge is 2.30. The van der Waals surface area contributed by atoms with Gasteiger partial charge in [-0.15, -0.1) is 0 Å². The van der Waals surface area contributed by atoms with Crippen molar-refractivity contribution in [1.29, 1.82) is 0 Å². The van der Waals surface area contributed by atoms with Gasteiger partial charge in [-0.1, -0.05) is 0 Å². The van der Waals surface area contributed by atoms with Crippen LogP contribution in [0.1, 0.15) is 13.3 Å². The maximum absolute atomic E-state index is 10.7. The van der Waals surface area contributed by atoms with Gasteiger partial charge >= 0.3 is 0 Å². The van der Waals surface area contributed by atoms with Gasteiger partial charge in [-0.25, -0.2) is 8.42 Å². The van der Waals surface area contributed by atoms with Gasteiger partial charge in [0.25, 0.3) is 0 Å². The molecule has 1 atom stereocenters. The van der Waals surface area contributed by atoms with Gasteiger partial charge < -0.3 is 0 Å². The number of hydrogen-bond donors (Lipinski definition) is 0. The lowest BCUT2D eigenvalue weighted by Gasteiger charge is -2.35. The molecule has 0 aromatic carbocycles. The summed E-state index contributed by atoms with van der Waals surface area (Å²) in [5.74, 6) is 0. The second kappa shape index (κ2) is 1.95. The van der Waals surface area contributed by atoms with Crippen molar-refractivity contribution in [2.75, 3.05) is 12.8 Å². The second-order valence-corrected chi connectivity index (χ2v) is 4.45. The molecule has 0 unspecified atom stereocenters. The molecule has 0 N–H and O–H groups in total. The van der Waals surface area contributed by atoms with E-state index in [9.17, 15) is 8.42 Å². The fourth-order valence-electron chi connectivity index (χ4n) is 0.985. The lowest BCUT2D eigenvalue weighted by molar-refractivity contribution is 0.219. The van der Waals surface area contributed by atoms with E-state index in [0.717, 1.165) is 6.42 Å². The molecule has 1 rings (SSSR count). The predicted octanol–water partition coefficient (Wildman–Crippen LogP) is 0.0402. The number of rotatable bonds is 1. The Morgan fingerprint density at radius 3 is 2.11 bits per heavy atom. The first-order valence-corrected chi connectivity index (χ1v) is 4.83. The molecule has 54 valence electrons. The Kier molecular flexibility index (Phi) is 1.52. The summed E-state index contributed by atoms with van der Waals surface area (Å²) in [5, 5.41) is 0. The molecular formula is C5H11NO2S. The van der Waals surface area contributed by atoms with E-state index in [1.807, 2.05) is 6.92 Å². The van der Waals surface area contributed by atoms with Gasteiger partial charge in [0, 0.05) is 12.6 Å². The Morgan fingerprint density at radius 1 is 1.56 bits per heavy atom. The molecule has 4 heteroatoms. The molecule has 0 saturated carbocycles. The Morgan fingerprint density at radius 2 is 2.11 bits per heavy atom. The standard InChI is InChI=1S/C5H11NO2S/c1-5-3-4-6(5)9(2,7)8/h5H,3-4H2,1-2H3/t5-/m0/s1. The number of sulfonamides is 1. The van der Waals surface area contributed by atoms with E-state index in [2.05, 4.69) is 0 Å². The molecule has 0 bridgehead atoms. The van der Waals surface area contributed by atoms with E-state index >= 15 is 0 Å². The van der Waals surface area contributed by atoms with Gasteiger partial charge in [0.2, 0.25) is 10.0 Å². The maximum Gasteiger partial charge on any atom is 0.211 e. The van der Waals surface area contributed by atoms with Crippen LogP contribution in [0.4, 0.5) is 0 Å². The number of hydrogen-bond acceptors (Lipinski definition) is 2. The summed E-state index contributed by atoms with van der Waals surface area (Å²) < 4.78 is 23.0. The molecule has 0 amide bonds. The predicted molar refractivity (Wildman–Crippen MR) is 35.6 cm³/mol. The van der Waals surface area contributed by atoms with Crippen LogP contribution >= 0.6 is 0 Å². The van der Waals surface area contributed by atoms with Crippen molar-refractivity contribution < 1.29 is 8.42 Å². The third-order valence-electron chi connectivity index (χ3n) is 1.68. The highest BCUT2D eigenvalue weighted by Crippen LogP contribution is 2.19. The van der Waals surface area contributed by atoms with Gasteiger partial charge in [-0.05, 0) is 13.3 Å². The van der Waals surface area contributed by atoms with Crippen molar-refractivity contribution in [2.24, 2.45) is 0 Å². The van der Waals surface area contributed by atoms with E-state index in [0.29, 0.717) is 6.54 Å². The highest BCUT2D eigenvalue weighted by molar-refractivity contribution is 7.88. The Labute approximate surface area is 55.7 Å². The van der Waals surface area contributed by atoms with E-state index in [1.54, 1.807) is 0 Å². The molecule has 1 aliphatic heterocycles. The zero-order chi connectivity index (χ0) is 7.07. The van der Waals surface area contributed by atoms with Crippen molar-refractivity contribution in [2.45, 2.75) is 19.4 Å². The van der Waals surface area contributed by atoms with Gasteiger partial charge in [0.15, 0.2) is 0 Å². The van der Waals surface area contributed by atoms with E-state index < -0.39 is 10.0 Å². The molecule has 1 fully saturated rings. The first kappa shape index (κ1) is 7.02. The monoisotopic (exact) mass is 149 g/mol. The summed E-state index contributed by atoms with van der Waals surface area (Å²) in [7, 11) is -2.88. The largest absolute Gasteiger partial charge is 0.212 e. The third kappa shape index (κ3) is 1.24. The Balaban J connectivity index is 2.66. The number of nitrogens with zero attached hydrogens (tertiary/aromatic N) is 1. The van der Waals surface area contributed by atoms with E-state index in [-0.39, 0.29) is 6.04 Å². The first-order chi connectivity index (χ1) is 4.02. The van der Waals surface area contributed by atoms with Crippen LogP contribution in [-0.2, 0) is 10.0 Å². The topological polar surface area (TPSA) is 37.4 Å². The summed E-state index contributed by atoms with van der Waals surface area (Å²) in [6, 6.07) is 0.236. The summed E-state index contributed by atoms with van der Waals surface area (Å²) in [5.41, 5.74) is 0. The van der Waals surface area contributed by atoms with E-state index in [4.69, 9.17) is 0 Å². The normalized spacial score (nSPS) is 29.8. The van der Waals surface area contributed by atoms with Crippen molar-refractivity contribution in [3.05, 3.63) is 0 Å². The van der Waals surface area contributed by atoms with Crippen LogP contribution in [0.3, 0.4) is 0 Å². The molecule has 0 spiro atoms. The third-order valence-corrected chi connectivity index (χ3v) is 3.08. The van der Waals surface area contributed by atoms with Crippen LogP contribution in [0.5, 0.6) is 0 Å². The fraction of sp³-hybridized carbons (Fsp3) is 1.00. The molecule has 9 heavy (non-hydrogen) atoms. The molecule has 0 aromatic heterocycles. The Bertz CT molecular complexity index is 197. The summed E-state index contributed by atoms with van der Waals surface area (Å²) >= 11 is 0. The minimum atomic E-state index is -2.88. The summed E-state index contributed by atoms with van der Waals surface area (Å²) in [4.78, 5) is 0. The van der Waals surface area contributed by atoms with Crippen molar-refractivity contribution in [3.63, 3.8) is 0 Å². The minimum absolute atomic E-state index is 0.236. The first-order valence-electron chi connectivity index (χ1n) is 2.98. The van der Waals surface area contributed by atoms with Crippen molar-refractivity contribution >= 4 is 10.0 Å². The van der Waals surface area contributed by atoms with Crippen LogP contribution in [0.25, 0.3) is 0 Å². The zero-order valence-corrected chi connectivity index (χ0v) is 6.48. The Hall–Kier alpha value is -0.0900.